The Morgan fingerprint density at radius 3 is 2.38 bits per heavy atom. The van der Waals surface area contributed by atoms with Crippen LogP contribution in [0.1, 0.15) is 22.3 Å². The predicted molar refractivity (Wildman–Crippen MR) is 97.7 cm³/mol. The Hall–Kier alpha value is -1.51. The molecule has 0 radical (unpaired) electrons. The topological polar surface area (TPSA) is 26.3 Å². The molecule has 4 heteroatoms. The molecule has 0 saturated carbocycles. The summed E-state index contributed by atoms with van der Waals surface area (Å²) in [5, 5.41) is 1.05. The van der Waals surface area contributed by atoms with Gasteiger partial charge in [0.15, 0.2) is 0 Å². The van der Waals surface area contributed by atoms with Crippen LogP contribution in [0.2, 0.25) is 10.0 Å². The summed E-state index contributed by atoms with van der Waals surface area (Å²) in [4.78, 5) is 12.2. The lowest BCUT2D eigenvalue weighted by atomic mass is 9.84. The molecule has 0 amide bonds. The zero-order chi connectivity index (χ0) is 17.3. The van der Waals surface area contributed by atoms with E-state index >= 15 is 0 Å². The fourth-order valence-electron chi connectivity index (χ4n) is 3.21. The molecule has 0 N–H and O–H groups in total. The molecule has 3 rings (SSSR count). The smallest absolute Gasteiger partial charge is 0.309 e. The Morgan fingerprint density at radius 2 is 1.67 bits per heavy atom. The molecule has 0 spiro atoms. The van der Waals surface area contributed by atoms with Crippen LogP contribution < -0.4 is 0 Å². The zero-order valence-electron chi connectivity index (χ0n) is 13.8. The normalized spacial score (nSPS) is 20.2. The van der Waals surface area contributed by atoms with Crippen molar-refractivity contribution < 1.29 is 9.53 Å². The number of benzene rings is 2. The third-order valence-electron chi connectivity index (χ3n) is 4.82. The Morgan fingerprint density at radius 1 is 0.958 bits per heavy atom. The van der Waals surface area contributed by atoms with E-state index in [1.165, 1.54) is 16.7 Å². The standard InChI is InChI=1S/C20H20Cl2O2/c1-12-3-4-14(7-13(12)2)8-16-11-24-20(23)17(16)9-15-5-6-18(21)19(22)10-15/h3-7,10,16-17H,8-9,11H2,1-2H3/t16-,17+/m0/s1. The number of hydrogen-bond donors (Lipinski definition) is 0. The fourth-order valence-corrected chi connectivity index (χ4v) is 3.53. The molecule has 1 saturated heterocycles. The monoisotopic (exact) mass is 362 g/mol. The summed E-state index contributed by atoms with van der Waals surface area (Å²) in [6.07, 6.45) is 1.48. The Bertz CT molecular complexity index is 770. The highest BCUT2D eigenvalue weighted by atomic mass is 35.5. The van der Waals surface area contributed by atoms with Crippen LogP contribution in [0, 0.1) is 25.7 Å². The molecule has 2 aromatic carbocycles. The van der Waals surface area contributed by atoms with E-state index in [2.05, 4.69) is 32.0 Å². The van der Waals surface area contributed by atoms with E-state index in [9.17, 15) is 4.79 Å². The summed E-state index contributed by atoms with van der Waals surface area (Å²) in [6.45, 7) is 4.70. The average Bonchev–Trinajstić information content (AvgIpc) is 2.87. The van der Waals surface area contributed by atoms with Crippen LogP contribution in [0.4, 0.5) is 0 Å². The van der Waals surface area contributed by atoms with Crippen LogP contribution in [-0.2, 0) is 22.4 Å². The van der Waals surface area contributed by atoms with Crippen molar-refractivity contribution in [3.8, 4) is 0 Å². The highest BCUT2D eigenvalue weighted by molar-refractivity contribution is 6.42. The average molecular weight is 363 g/mol. The second kappa shape index (κ2) is 7.16. The van der Waals surface area contributed by atoms with Gasteiger partial charge in [-0.1, -0.05) is 47.5 Å². The quantitative estimate of drug-likeness (QED) is 0.700. The first-order valence-corrected chi connectivity index (χ1v) is 8.86. The first-order valence-electron chi connectivity index (χ1n) is 8.10. The van der Waals surface area contributed by atoms with Crippen molar-refractivity contribution in [2.24, 2.45) is 11.8 Å². The Labute approximate surface area is 152 Å². The molecule has 0 aliphatic carbocycles. The first kappa shape index (κ1) is 17.3. The summed E-state index contributed by atoms with van der Waals surface area (Å²) < 4.78 is 5.33. The van der Waals surface area contributed by atoms with E-state index in [1.54, 1.807) is 6.07 Å². The Kier molecular flexibility index (Phi) is 5.17. The van der Waals surface area contributed by atoms with Gasteiger partial charge in [-0.3, -0.25) is 4.79 Å². The minimum atomic E-state index is -0.135. The molecule has 126 valence electrons. The van der Waals surface area contributed by atoms with Gasteiger partial charge in [0.1, 0.15) is 0 Å². The number of cyclic esters (lactones) is 1. The predicted octanol–water partition coefficient (Wildman–Crippen LogP) is 5.18. The maximum Gasteiger partial charge on any atom is 0.309 e. The molecule has 2 atom stereocenters. The minimum absolute atomic E-state index is 0.116. The van der Waals surface area contributed by atoms with Crippen molar-refractivity contribution in [1.29, 1.82) is 0 Å². The van der Waals surface area contributed by atoms with Crippen LogP contribution in [0.3, 0.4) is 0 Å². The van der Waals surface area contributed by atoms with E-state index in [-0.39, 0.29) is 17.8 Å². The van der Waals surface area contributed by atoms with Crippen molar-refractivity contribution in [1.82, 2.24) is 0 Å². The molecule has 24 heavy (non-hydrogen) atoms. The maximum absolute atomic E-state index is 12.2. The lowest BCUT2D eigenvalue weighted by Gasteiger charge is -2.16. The summed E-state index contributed by atoms with van der Waals surface area (Å²) >= 11 is 12.1. The third kappa shape index (κ3) is 3.76. The molecule has 2 aromatic rings. The van der Waals surface area contributed by atoms with E-state index in [0.717, 1.165) is 12.0 Å². The van der Waals surface area contributed by atoms with Crippen LogP contribution in [0.25, 0.3) is 0 Å². The van der Waals surface area contributed by atoms with Crippen molar-refractivity contribution in [3.63, 3.8) is 0 Å². The van der Waals surface area contributed by atoms with Crippen LogP contribution in [0.15, 0.2) is 36.4 Å². The molecule has 1 fully saturated rings. The van der Waals surface area contributed by atoms with Gasteiger partial charge in [0, 0.05) is 5.92 Å². The molecule has 0 unspecified atom stereocenters. The third-order valence-corrected chi connectivity index (χ3v) is 5.56. The molecule has 2 nitrogen and oxygen atoms in total. The zero-order valence-corrected chi connectivity index (χ0v) is 15.3. The molecule has 1 aliphatic rings. The van der Waals surface area contributed by atoms with Gasteiger partial charge in [-0.05, 0) is 61.1 Å². The highest BCUT2D eigenvalue weighted by Crippen LogP contribution is 2.31. The van der Waals surface area contributed by atoms with Crippen molar-refractivity contribution in [2.75, 3.05) is 6.61 Å². The minimum Gasteiger partial charge on any atom is -0.465 e. The first-order chi connectivity index (χ1) is 11.4. The van der Waals surface area contributed by atoms with Crippen LogP contribution in [0.5, 0.6) is 0 Å². The number of carbonyl (C=O) groups excluding carboxylic acids is 1. The molecule has 1 aliphatic heterocycles. The summed E-state index contributed by atoms with van der Waals surface area (Å²) in [7, 11) is 0. The van der Waals surface area contributed by atoms with Crippen molar-refractivity contribution in [3.05, 3.63) is 68.7 Å². The van der Waals surface area contributed by atoms with Gasteiger partial charge in [-0.25, -0.2) is 0 Å². The van der Waals surface area contributed by atoms with Gasteiger partial charge in [0.2, 0.25) is 0 Å². The number of hydrogen-bond acceptors (Lipinski definition) is 2. The van der Waals surface area contributed by atoms with Crippen molar-refractivity contribution >= 4 is 29.2 Å². The van der Waals surface area contributed by atoms with Gasteiger partial charge in [-0.15, -0.1) is 0 Å². The molecule has 1 heterocycles. The maximum atomic E-state index is 12.2. The van der Waals surface area contributed by atoms with E-state index < -0.39 is 0 Å². The van der Waals surface area contributed by atoms with E-state index in [0.29, 0.717) is 23.1 Å². The summed E-state index contributed by atoms with van der Waals surface area (Å²) in [5.41, 5.74) is 4.82. The van der Waals surface area contributed by atoms with Gasteiger partial charge in [0.05, 0.1) is 22.6 Å². The lowest BCUT2D eigenvalue weighted by Crippen LogP contribution is -2.20. The van der Waals surface area contributed by atoms with Gasteiger partial charge >= 0.3 is 5.97 Å². The number of halogens is 2. The van der Waals surface area contributed by atoms with E-state index in [1.807, 2.05) is 12.1 Å². The second-order valence-corrected chi connectivity index (χ2v) is 7.39. The fraction of sp³-hybridized carbons (Fsp3) is 0.350. The molecular weight excluding hydrogens is 343 g/mol. The van der Waals surface area contributed by atoms with E-state index in [4.69, 9.17) is 27.9 Å². The summed E-state index contributed by atoms with van der Waals surface area (Å²) in [5.74, 6) is -0.0622. The van der Waals surface area contributed by atoms with Gasteiger partial charge in [-0.2, -0.15) is 0 Å². The van der Waals surface area contributed by atoms with Crippen molar-refractivity contribution in [2.45, 2.75) is 26.7 Å². The summed E-state index contributed by atoms with van der Waals surface area (Å²) in [6, 6.07) is 12.0. The number of aryl methyl sites for hydroxylation is 2. The largest absolute Gasteiger partial charge is 0.465 e. The number of rotatable bonds is 4. The Balaban J connectivity index is 1.76. The van der Waals surface area contributed by atoms with Gasteiger partial charge in [0.25, 0.3) is 0 Å². The number of carbonyl (C=O) groups is 1. The van der Waals surface area contributed by atoms with Crippen LogP contribution >= 0.6 is 23.2 Å². The number of ether oxygens (including phenoxy) is 1. The highest BCUT2D eigenvalue weighted by Gasteiger charge is 2.36. The van der Waals surface area contributed by atoms with Gasteiger partial charge < -0.3 is 4.74 Å². The second-order valence-electron chi connectivity index (χ2n) is 6.57. The lowest BCUT2D eigenvalue weighted by molar-refractivity contribution is -0.141. The molecular formula is C20H20Cl2O2. The molecule has 0 bridgehead atoms. The number of esters is 1. The van der Waals surface area contributed by atoms with Crippen LogP contribution in [-0.4, -0.2) is 12.6 Å². The molecule has 0 aromatic heterocycles. The SMILES string of the molecule is Cc1ccc(C[C@H]2COC(=O)[C@@H]2Cc2ccc(Cl)c(Cl)c2)cc1C.